The third-order valence-corrected chi connectivity index (χ3v) is 4.08. The van der Waals surface area contributed by atoms with Gasteiger partial charge in [0.1, 0.15) is 0 Å². The van der Waals surface area contributed by atoms with Crippen LogP contribution in [0.15, 0.2) is 24.3 Å². The van der Waals surface area contributed by atoms with Crippen LogP contribution in [-0.2, 0) is 4.79 Å². The number of hydrogen-bond acceptors (Lipinski definition) is 3. The van der Waals surface area contributed by atoms with Crippen LogP contribution in [0.3, 0.4) is 0 Å². The fraction of sp³-hybridized carbons (Fsp3) is 0.438. The maximum atomic E-state index is 13.0. The van der Waals surface area contributed by atoms with Crippen molar-refractivity contribution in [3.63, 3.8) is 0 Å². The Bertz CT molecular complexity index is 691. The number of nitrogens with one attached hydrogen (secondary N) is 2. The molecule has 3 amide bonds. The van der Waals surface area contributed by atoms with Crippen LogP contribution in [0.2, 0.25) is 0 Å². The molecule has 1 aliphatic heterocycles. The van der Waals surface area contributed by atoms with Gasteiger partial charge in [-0.15, -0.1) is 0 Å². The Balaban J connectivity index is 2.04. The van der Waals surface area contributed by atoms with Crippen molar-refractivity contribution in [2.45, 2.75) is 13.1 Å². The Morgan fingerprint density at radius 1 is 1.19 bits per heavy atom. The van der Waals surface area contributed by atoms with E-state index in [2.05, 4.69) is 10.6 Å². The number of carbonyl (C=O) groups excluding carboxylic acids is 2. The van der Waals surface area contributed by atoms with Crippen molar-refractivity contribution in [2.75, 3.05) is 25.0 Å². The van der Waals surface area contributed by atoms with Crippen LogP contribution in [0, 0.1) is 11.8 Å². The van der Waals surface area contributed by atoms with Gasteiger partial charge in [0.25, 0.3) is 5.91 Å². The molecule has 0 aromatic heterocycles. The quantitative estimate of drug-likeness (QED) is 0.753. The number of nitrogens with zero attached hydrogens (tertiary/aromatic N) is 1. The molecule has 0 spiro atoms. The Hall–Kier alpha value is -2.78. The zero-order valence-corrected chi connectivity index (χ0v) is 13.8. The molecule has 10 heteroatoms. The molecule has 0 unspecified atom stereocenters. The van der Waals surface area contributed by atoms with E-state index < -0.39 is 43.1 Å². The first-order valence-electron chi connectivity index (χ1n) is 7.87. The number of hydrogen-bond donors (Lipinski definition) is 3. The molecule has 1 aliphatic rings. The van der Waals surface area contributed by atoms with E-state index in [0.717, 1.165) is 4.90 Å². The predicted octanol–water partition coefficient (Wildman–Crippen LogP) is 2.16. The van der Waals surface area contributed by atoms with Crippen molar-refractivity contribution in [3.8, 4) is 0 Å². The Morgan fingerprint density at radius 3 is 2.27 bits per heavy atom. The number of carboxylic acids is 1. The van der Waals surface area contributed by atoms with Crippen molar-refractivity contribution in [1.29, 1.82) is 0 Å². The Morgan fingerprint density at radius 2 is 1.81 bits per heavy atom. The molecule has 0 radical (unpaired) electrons. The van der Waals surface area contributed by atoms with Crippen LogP contribution in [0.1, 0.15) is 17.3 Å². The zero-order chi connectivity index (χ0) is 19.5. The lowest BCUT2D eigenvalue weighted by Gasteiger charge is -2.18. The van der Waals surface area contributed by atoms with Crippen LogP contribution >= 0.6 is 0 Å². The summed E-state index contributed by atoms with van der Waals surface area (Å²) in [5, 5.41) is 14.0. The van der Waals surface area contributed by atoms with E-state index in [9.17, 15) is 27.6 Å². The second-order valence-electron chi connectivity index (χ2n) is 5.86. The number of halogens is 3. The summed E-state index contributed by atoms with van der Waals surface area (Å²) in [5.41, 5.74) is 0.652. The molecule has 1 heterocycles. The van der Waals surface area contributed by atoms with Crippen LogP contribution < -0.4 is 10.6 Å². The molecular formula is C16H18F3N3O4. The molecule has 1 saturated heterocycles. The van der Waals surface area contributed by atoms with Gasteiger partial charge in [-0.25, -0.2) is 4.79 Å². The topological polar surface area (TPSA) is 98.7 Å². The minimum Gasteiger partial charge on any atom is -0.481 e. The van der Waals surface area contributed by atoms with Gasteiger partial charge in [-0.3, -0.25) is 9.59 Å². The first kappa shape index (κ1) is 19.5. The molecule has 0 bridgehead atoms. The summed E-state index contributed by atoms with van der Waals surface area (Å²) < 4.78 is 38.9. The van der Waals surface area contributed by atoms with Crippen LogP contribution in [-0.4, -0.2) is 53.7 Å². The molecule has 7 nitrogen and oxygen atoms in total. The number of benzene rings is 1. The van der Waals surface area contributed by atoms with Gasteiger partial charge in [-0.05, 0) is 31.2 Å². The van der Waals surface area contributed by atoms with Crippen LogP contribution in [0.25, 0.3) is 0 Å². The SMILES string of the molecule is CCNC(=O)c1ccc(NC(=O)N2C[C@@H](C(F)(F)F)[C@H](C(=O)O)C2)cc1. The summed E-state index contributed by atoms with van der Waals surface area (Å²) in [7, 11) is 0. The second-order valence-corrected chi connectivity index (χ2v) is 5.86. The molecule has 26 heavy (non-hydrogen) atoms. The fourth-order valence-corrected chi connectivity index (χ4v) is 2.72. The summed E-state index contributed by atoms with van der Waals surface area (Å²) in [4.78, 5) is 35.7. The van der Waals surface area contributed by atoms with Crippen LogP contribution in [0.5, 0.6) is 0 Å². The predicted molar refractivity (Wildman–Crippen MR) is 85.7 cm³/mol. The van der Waals surface area contributed by atoms with Crippen molar-refractivity contribution in [3.05, 3.63) is 29.8 Å². The standard InChI is InChI=1S/C16H18F3N3O4/c1-2-20-13(23)9-3-5-10(6-4-9)21-15(26)22-7-11(14(24)25)12(8-22)16(17,18)19/h3-6,11-12H,2,7-8H2,1H3,(H,20,23)(H,21,26)(H,24,25)/t11-,12-/m1/s1. The van der Waals surface area contributed by atoms with Gasteiger partial charge >= 0.3 is 18.2 Å². The van der Waals surface area contributed by atoms with Gasteiger partial charge in [0.15, 0.2) is 0 Å². The van der Waals surface area contributed by atoms with Gasteiger partial charge in [-0.2, -0.15) is 13.2 Å². The second kappa shape index (κ2) is 7.63. The summed E-state index contributed by atoms with van der Waals surface area (Å²) >= 11 is 0. The Kier molecular flexibility index (Phi) is 5.73. The van der Waals surface area contributed by atoms with Gasteiger partial charge < -0.3 is 20.6 Å². The number of amides is 3. The number of carbonyl (C=O) groups is 3. The van der Waals surface area contributed by atoms with E-state index >= 15 is 0 Å². The zero-order valence-electron chi connectivity index (χ0n) is 13.8. The van der Waals surface area contributed by atoms with Crippen molar-refractivity contribution >= 4 is 23.6 Å². The Labute approximate surface area is 147 Å². The van der Waals surface area contributed by atoms with Crippen molar-refractivity contribution in [2.24, 2.45) is 11.8 Å². The van der Waals surface area contributed by atoms with Gasteiger partial charge in [0.05, 0.1) is 11.8 Å². The van der Waals surface area contributed by atoms with Gasteiger partial charge in [0, 0.05) is 30.9 Å². The van der Waals surface area contributed by atoms with Crippen LogP contribution in [0.4, 0.5) is 23.7 Å². The fourth-order valence-electron chi connectivity index (χ4n) is 2.72. The third kappa shape index (κ3) is 4.44. The van der Waals surface area contributed by atoms with E-state index in [1.807, 2.05) is 0 Å². The van der Waals surface area contributed by atoms with E-state index in [1.54, 1.807) is 6.92 Å². The maximum Gasteiger partial charge on any atom is 0.394 e. The molecule has 1 fully saturated rings. The van der Waals surface area contributed by atoms with Crippen molar-refractivity contribution in [1.82, 2.24) is 10.2 Å². The van der Waals surface area contributed by atoms with Gasteiger partial charge in [0.2, 0.25) is 0 Å². The smallest absolute Gasteiger partial charge is 0.394 e. The molecule has 142 valence electrons. The molecule has 0 aliphatic carbocycles. The molecule has 1 aromatic carbocycles. The first-order valence-corrected chi connectivity index (χ1v) is 7.87. The van der Waals surface area contributed by atoms with Crippen molar-refractivity contribution < 1.29 is 32.7 Å². The first-order chi connectivity index (χ1) is 12.1. The maximum absolute atomic E-state index is 13.0. The lowest BCUT2D eigenvalue weighted by atomic mass is 9.96. The average molecular weight is 373 g/mol. The third-order valence-electron chi connectivity index (χ3n) is 4.08. The molecular weight excluding hydrogens is 355 g/mol. The number of alkyl halides is 3. The number of likely N-dealkylation sites (tertiary alicyclic amines) is 1. The lowest BCUT2D eigenvalue weighted by molar-refractivity contribution is -0.187. The lowest BCUT2D eigenvalue weighted by Crippen LogP contribution is -2.35. The number of carboxylic acid groups (broad SMARTS) is 1. The van der Waals surface area contributed by atoms with E-state index in [4.69, 9.17) is 5.11 Å². The van der Waals surface area contributed by atoms with E-state index in [0.29, 0.717) is 12.1 Å². The minimum absolute atomic E-state index is 0.283. The molecule has 0 saturated carbocycles. The van der Waals surface area contributed by atoms with E-state index in [-0.39, 0.29) is 11.6 Å². The molecule has 3 N–H and O–H groups in total. The number of aliphatic carboxylic acids is 1. The number of anilines is 1. The highest BCUT2D eigenvalue weighted by Gasteiger charge is 2.53. The molecule has 2 atom stereocenters. The largest absolute Gasteiger partial charge is 0.481 e. The normalized spacial score (nSPS) is 19.9. The van der Waals surface area contributed by atoms with E-state index in [1.165, 1.54) is 24.3 Å². The summed E-state index contributed by atoms with van der Waals surface area (Å²) in [6.45, 7) is 0.976. The average Bonchev–Trinajstić information content (AvgIpc) is 3.02. The monoisotopic (exact) mass is 373 g/mol. The summed E-state index contributed by atoms with van der Waals surface area (Å²) in [5.74, 6) is -5.68. The highest BCUT2D eigenvalue weighted by atomic mass is 19.4. The summed E-state index contributed by atoms with van der Waals surface area (Å²) in [6, 6.07) is 4.98. The minimum atomic E-state index is -4.70. The highest BCUT2D eigenvalue weighted by Crippen LogP contribution is 2.37. The molecule has 2 rings (SSSR count). The van der Waals surface area contributed by atoms with Gasteiger partial charge in [-0.1, -0.05) is 0 Å². The molecule has 1 aromatic rings. The number of rotatable bonds is 4. The highest BCUT2D eigenvalue weighted by molar-refractivity contribution is 5.95. The number of urea groups is 1. The summed E-state index contributed by atoms with van der Waals surface area (Å²) in [6.07, 6.45) is -4.70.